The Morgan fingerprint density at radius 2 is 2.11 bits per heavy atom. The summed E-state index contributed by atoms with van der Waals surface area (Å²) in [4.78, 5) is 0. The lowest BCUT2D eigenvalue weighted by molar-refractivity contribution is 0.707. The van der Waals surface area contributed by atoms with Gasteiger partial charge in [0, 0.05) is 17.2 Å². The van der Waals surface area contributed by atoms with E-state index in [2.05, 4.69) is 64.5 Å². The molecule has 0 saturated carbocycles. The van der Waals surface area contributed by atoms with E-state index >= 15 is 0 Å². The molecule has 0 fully saturated rings. The van der Waals surface area contributed by atoms with Gasteiger partial charge in [-0.1, -0.05) is 22.9 Å². The van der Waals surface area contributed by atoms with Gasteiger partial charge in [-0.2, -0.15) is 5.10 Å². The van der Waals surface area contributed by atoms with E-state index in [9.17, 15) is 0 Å². The van der Waals surface area contributed by atoms with Crippen LogP contribution in [0.3, 0.4) is 0 Å². The first-order valence-electron chi connectivity index (χ1n) is 6.12. The molecule has 2 aromatic rings. The highest BCUT2D eigenvalue weighted by Crippen LogP contribution is 2.20. The second-order valence-corrected chi connectivity index (χ2v) is 5.28. The van der Waals surface area contributed by atoms with Crippen molar-refractivity contribution in [3.63, 3.8) is 0 Å². The second-order valence-electron chi connectivity index (χ2n) is 4.42. The van der Waals surface area contributed by atoms with Gasteiger partial charge in [0.05, 0.1) is 17.9 Å². The van der Waals surface area contributed by atoms with Crippen LogP contribution in [0.25, 0.3) is 0 Å². The molecule has 1 aromatic carbocycles. The molecule has 96 valence electrons. The highest BCUT2D eigenvalue weighted by molar-refractivity contribution is 9.10. The van der Waals surface area contributed by atoms with E-state index in [1.807, 2.05) is 11.7 Å². The molecule has 0 unspecified atom stereocenters. The Balaban J connectivity index is 2.06. The zero-order valence-electron chi connectivity index (χ0n) is 11.0. The maximum atomic E-state index is 4.44. The number of nitrogens with one attached hydrogen (secondary N) is 1. The molecule has 18 heavy (non-hydrogen) atoms. The molecule has 3 nitrogen and oxygen atoms in total. The summed E-state index contributed by atoms with van der Waals surface area (Å²) >= 11 is 3.51. The molecule has 0 radical (unpaired) electrons. The van der Waals surface area contributed by atoms with Crippen molar-refractivity contribution < 1.29 is 0 Å². The van der Waals surface area contributed by atoms with E-state index in [0.29, 0.717) is 0 Å². The maximum absolute atomic E-state index is 4.44. The van der Waals surface area contributed by atoms with Crippen molar-refractivity contribution in [2.24, 2.45) is 7.05 Å². The molecule has 4 heteroatoms. The van der Waals surface area contributed by atoms with Crippen molar-refractivity contribution in [3.05, 3.63) is 45.7 Å². The van der Waals surface area contributed by atoms with Crippen LogP contribution in [0.2, 0.25) is 0 Å². The van der Waals surface area contributed by atoms with Crippen molar-refractivity contribution in [2.45, 2.75) is 26.8 Å². The third-order valence-corrected chi connectivity index (χ3v) is 3.91. The fourth-order valence-corrected chi connectivity index (χ4v) is 2.10. The zero-order valence-corrected chi connectivity index (χ0v) is 12.6. The molecule has 1 aromatic heterocycles. The lowest BCUT2D eigenvalue weighted by atomic mass is 10.2. The van der Waals surface area contributed by atoms with Gasteiger partial charge in [-0.3, -0.25) is 4.68 Å². The number of nitrogens with zero attached hydrogens (tertiary/aromatic N) is 2. The molecule has 0 atom stereocenters. The molecule has 2 rings (SSSR count). The summed E-state index contributed by atoms with van der Waals surface area (Å²) in [6.45, 7) is 5.01. The molecular weight excluding hydrogens is 290 g/mol. The van der Waals surface area contributed by atoms with Crippen LogP contribution in [0.4, 0.5) is 5.69 Å². The number of aromatic nitrogens is 2. The first-order valence-corrected chi connectivity index (χ1v) is 6.91. The second kappa shape index (κ2) is 5.57. The smallest absolute Gasteiger partial charge is 0.0625 e. The van der Waals surface area contributed by atoms with Crippen molar-refractivity contribution in [1.29, 1.82) is 0 Å². The van der Waals surface area contributed by atoms with Crippen molar-refractivity contribution >= 4 is 21.6 Å². The number of anilines is 1. The summed E-state index contributed by atoms with van der Waals surface area (Å²) in [6, 6.07) is 8.44. The van der Waals surface area contributed by atoms with Gasteiger partial charge in [0.2, 0.25) is 0 Å². The molecule has 0 aliphatic heterocycles. The van der Waals surface area contributed by atoms with E-state index in [1.54, 1.807) is 0 Å². The average molecular weight is 308 g/mol. The molecule has 1 N–H and O–H groups in total. The topological polar surface area (TPSA) is 29.9 Å². The summed E-state index contributed by atoms with van der Waals surface area (Å²) in [5.41, 5.74) is 4.71. The summed E-state index contributed by atoms with van der Waals surface area (Å²) in [6.07, 6.45) is 0.977. The standard InChI is InChI=1S/C14H18BrN3/c1-4-11-8-13(18(3)17-11)9-16-12-5-6-14(15)10(2)7-12/h5-8,16H,4,9H2,1-3H3. The Morgan fingerprint density at radius 1 is 1.33 bits per heavy atom. The monoisotopic (exact) mass is 307 g/mol. The Hall–Kier alpha value is -1.29. The van der Waals surface area contributed by atoms with Gasteiger partial charge in [-0.15, -0.1) is 0 Å². The third kappa shape index (κ3) is 2.93. The minimum absolute atomic E-state index is 0.796. The molecule has 0 aliphatic rings. The molecule has 0 bridgehead atoms. The quantitative estimate of drug-likeness (QED) is 0.934. The van der Waals surface area contributed by atoms with Crippen LogP contribution in [-0.4, -0.2) is 9.78 Å². The van der Waals surface area contributed by atoms with Gasteiger partial charge in [0.15, 0.2) is 0 Å². The van der Waals surface area contributed by atoms with Crippen molar-refractivity contribution in [2.75, 3.05) is 5.32 Å². The predicted octanol–water partition coefficient (Wildman–Crippen LogP) is 3.67. The van der Waals surface area contributed by atoms with Crippen molar-refractivity contribution in [3.8, 4) is 0 Å². The Kier molecular flexibility index (Phi) is 4.07. The first kappa shape index (κ1) is 13.1. The van der Waals surface area contributed by atoms with E-state index < -0.39 is 0 Å². The molecule has 0 saturated heterocycles. The van der Waals surface area contributed by atoms with Gasteiger partial charge in [-0.05, 0) is 43.2 Å². The summed E-state index contributed by atoms with van der Waals surface area (Å²) in [5, 5.41) is 7.87. The lowest BCUT2D eigenvalue weighted by Gasteiger charge is -2.08. The van der Waals surface area contributed by atoms with Gasteiger partial charge in [0.25, 0.3) is 0 Å². The fraction of sp³-hybridized carbons (Fsp3) is 0.357. The minimum Gasteiger partial charge on any atom is -0.379 e. The highest BCUT2D eigenvalue weighted by atomic mass is 79.9. The van der Waals surface area contributed by atoms with Crippen LogP contribution >= 0.6 is 15.9 Å². The molecule has 0 spiro atoms. The average Bonchev–Trinajstić information content (AvgIpc) is 2.72. The first-order chi connectivity index (χ1) is 8.60. The highest BCUT2D eigenvalue weighted by Gasteiger charge is 2.04. The number of hydrogen-bond acceptors (Lipinski definition) is 2. The third-order valence-electron chi connectivity index (χ3n) is 3.02. The Morgan fingerprint density at radius 3 is 2.72 bits per heavy atom. The van der Waals surface area contributed by atoms with E-state index in [-0.39, 0.29) is 0 Å². The van der Waals surface area contributed by atoms with Crippen LogP contribution in [0.5, 0.6) is 0 Å². The van der Waals surface area contributed by atoms with Gasteiger partial charge in [-0.25, -0.2) is 0 Å². The van der Waals surface area contributed by atoms with Gasteiger partial charge in [0.1, 0.15) is 0 Å². The van der Waals surface area contributed by atoms with Crippen LogP contribution in [0.1, 0.15) is 23.9 Å². The predicted molar refractivity (Wildman–Crippen MR) is 78.8 cm³/mol. The van der Waals surface area contributed by atoms with Crippen LogP contribution in [0.15, 0.2) is 28.7 Å². The van der Waals surface area contributed by atoms with E-state index in [0.717, 1.165) is 28.8 Å². The molecular formula is C14H18BrN3. The summed E-state index contributed by atoms with van der Waals surface area (Å²) < 4.78 is 3.08. The minimum atomic E-state index is 0.796. The molecule has 1 heterocycles. The number of halogens is 1. The molecule has 0 aliphatic carbocycles. The van der Waals surface area contributed by atoms with Crippen LogP contribution in [0, 0.1) is 6.92 Å². The maximum Gasteiger partial charge on any atom is 0.0625 e. The molecule has 0 amide bonds. The van der Waals surface area contributed by atoms with E-state index in [4.69, 9.17) is 0 Å². The van der Waals surface area contributed by atoms with Gasteiger partial charge < -0.3 is 5.32 Å². The number of hydrogen-bond donors (Lipinski definition) is 1. The van der Waals surface area contributed by atoms with Crippen LogP contribution in [-0.2, 0) is 20.0 Å². The lowest BCUT2D eigenvalue weighted by Crippen LogP contribution is -2.05. The van der Waals surface area contributed by atoms with Gasteiger partial charge >= 0.3 is 0 Å². The number of benzene rings is 1. The normalized spacial score (nSPS) is 10.7. The zero-order chi connectivity index (χ0) is 13.1. The Labute approximate surface area is 116 Å². The summed E-state index contributed by atoms with van der Waals surface area (Å²) in [5.74, 6) is 0. The van der Waals surface area contributed by atoms with Crippen molar-refractivity contribution in [1.82, 2.24) is 9.78 Å². The number of rotatable bonds is 4. The fourth-order valence-electron chi connectivity index (χ4n) is 1.86. The summed E-state index contributed by atoms with van der Waals surface area (Å²) in [7, 11) is 1.99. The van der Waals surface area contributed by atoms with E-state index in [1.165, 1.54) is 11.3 Å². The largest absolute Gasteiger partial charge is 0.379 e. The van der Waals surface area contributed by atoms with Crippen LogP contribution < -0.4 is 5.32 Å². The Bertz CT molecular complexity index is 546. The number of aryl methyl sites for hydroxylation is 3. The SMILES string of the molecule is CCc1cc(CNc2ccc(Br)c(C)c2)n(C)n1.